The molecule has 3 heteroatoms. The molecule has 0 atom stereocenters. The Labute approximate surface area is 60.9 Å². The summed E-state index contributed by atoms with van der Waals surface area (Å²) < 4.78 is 0. The average molecular weight is 143 g/mol. The molecule has 0 unspecified atom stereocenters. The summed E-state index contributed by atoms with van der Waals surface area (Å²) in [4.78, 5) is 5.22. The molecule has 0 amide bonds. The van der Waals surface area contributed by atoms with Crippen molar-refractivity contribution in [3.05, 3.63) is 12.2 Å². The fourth-order valence-corrected chi connectivity index (χ4v) is 0.864. The Morgan fingerprint density at radius 2 is 2.40 bits per heavy atom. The second-order valence-electron chi connectivity index (χ2n) is 2.23. The number of aliphatic hydroxyl groups excluding tert-OH is 1. The highest BCUT2D eigenvalue weighted by Crippen LogP contribution is 1.98. The van der Waals surface area contributed by atoms with E-state index < -0.39 is 0 Å². The molecule has 0 radical (unpaired) electrons. The molecule has 1 rings (SSSR count). The van der Waals surface area contributed by atoms with Gasteiger partial charge in [-0.1, -0.05) is 12.2 Å². The van der Waals surface area contributed by atoms with E-state index in [0.29, 0.717) is 6.61 Å². The molecule has 0 spiro atoms. The Morgan fingerprint density at radius 1 is 1.50 bits per heavy atom. The number of nitrogens with zero attached hydrogens (tertiary/aromatic N) is 1. The third kappa shape index (κ3) is 2.47. The minimum atomic E-state index is 0.240. The molecule has 0 aromatic rings. The van der Waals surface area contributed by atoms with E-state index in [4.69, 9.17) is 9.94 Å². The van der Waals surface area contributed by atoms with E-state index in [0.717, 1.165) is 19.5 Å². The molecule has 1 N–H and O–H groups in total. The Morgan fingerprint density at radius 3 is 3.00 bits per heavy atom. The molecule has 0 aromatic carbocycles. The van der Waals surface area contributed by atoms with E-state index in [9.17, 15) is 0 Å². The van der Waals surface area contributed by atoms with Gasteiger partial charge in [-0.05, 0) is 6.42 Å². The normalized spacial score (nSPS) is 19.7. The summed E-state index contributed by atoms with van der Waals surface area (Å²) in [6, 6.07) is 0. The van der Waals surface area contributed by atoms with Crippen molar-refractivity contribution in [2.24, 2.45) is 0 Å². The van der Waals surface area contributed by atoms with Crippen LogP contribution < -0.4 is 0 Å². The van der Waals surface area contributed by atoms with E-state index in [1.807, 2.05) is 11.1 Å². The van der Waals surface area contributed by atoms with Crippen LogP contribution in [-0.2, 0) is 4.84 Å². The third-order valence-electron chi connectivity index (χ3n) is 1.39. The van der Waals surface area contributed by atoms with E-state index in [1.165, 1.54) is 0 Å². The van der Waals surface area contributed by atoms with Crippen LogP contribution in [0.15, 0.2) is 12.2 Å². The summed E-state index contributed by atoms with van der Waals surface area (Å²) in [6.45, 7) is 2.58. The monoisotopic (exact) mass is 143 g/mol. The Balaban J connectivity index is 2.10. The second-order valence-corrected chi connectivity index (χ2v) is 2.23. The number of aliphatic hydroxyl groups is 1. The fraction of sp³-hybridized carbons (Fsp3) is 0.714. The summed E-state index contributed by atoms with van der Waals surface area (Å²) in [7, 11) is 0. The van der Waals surface area contributed by atoms with Crippen LogP contribution in [0, 0.1) is 0 Å². The minimum Gasteiger partial charge on any atom is -0.396 e. The van der Waals surface area contributed by atoms with Gasteiger partial charge in [0.15, 0.2) is 0 Å². The highest BCUT2D eigenvalue weighted by molar-refractivity contribution is 4.86. The van der Waals surface area contributed by atoms with Gasteiger partial charge in [0.1, 0.15) is 0 Å². The molecule has 1 heterocycles. The quantitative estimate of drug-likeness (QED) is 0.572. The lowest BCUT2D eigenvalue weighted by atomic mass is 10.4. The van der Waals surface area contributed by atoms with Crippen LogP contribution in [0.3, 0.4) is 0 Å². The topological polar surface area (TPSA) is 32.7 Å². The SMILES string of the molecule is OCCCN1CC=CCO1. The Kier molecular flexibility index (Phi) is 3.43. The van der Waals surface area contributed by atoms with Gasteiger partial charge in [-0.25, -0.2) is 0 Å². The highest BCUT2D eigenvalue weighted by Gasteiger charge is 2.04. The summed E-state index contributed by atoms with van der Waals surface area (Å²) in [5.41, 5.74) is 0. The molecule has 0 aliphatic carbocycles. The van der Waals surface area contributed by atoms with E-state index in [2.05, 4.69) is 6.08 Å². The van der Waals surface area contributed by atoms with Crippen LogP contribution in [0.2, 0.25) is 0 Å². The first kappa shape index (κ1) is 7.72. The van der Waals surface area contributed by atoms with E-state index >= 15 is 0 Å². The maximum absolute atomic E-state index is 8.50. The van der Waals surface area contributed by atoms with Crippen LogP contribution in [0.5, 0.6) is 0 Å². The number of rotatable bonds is 3. The van der Waals surface area contributed by atoms with Crippen molar-refractivity contribution < 1.29 is 9.94 Å². The van der Waals surface area contributed by atoms with Crippen molar-refractivity contribution in [3.63, 3.8) is 0 Å². The number of hydrogen-bond donors (Lipinski definition) is 1. The summed E-state index contributed by atoms with van der Waals surface area (Å²) in [6.07, 6.45) is 4.85. The molecule has 0 saturated heterocycles. The molecule has 10 heavy (non-hydrogen) atoms. The van der Waals surface area contributed by atoms with Crippen molar-refractivity contribution in [1.82, 2.24) is 5.06 Å². The van der Waals surface area contributed by atoms with Gasteiger partial charge in [-0.2, -0.15) is 5.06 Å². The van der Waals surface area contributed by atoms with E-state index in [1.54, 1.807) is 0 Å². The zero-order chi connectivity index (χ0) is 7.23. The molecule has 0 aromatic heterocycles. The lowest BCUT2D eigenvalue weighted by Gasteiger charge is -2.21. The maximum Gasteiger partial charge on any atom is 0.0867 e. The Bertz CT molecular complexity index is 114. The molecular formula is C7H13NO2. The van der Waals surface area contributed by atoms with Crippen LogP contribution in [0.25, 0.3) is 0 Å². The molecule has 3 nitrogen and oxygen atoms in total. The number of hydroxylamine groups is 2. The van der Waals surface area contributed by atoms with Crippen molar-refractivity contribution in [3.8, 4) is 0 Å². The molecular weight excluding hydrogens is 130 g/mol. The Hall–Kier alpha value is -0.380. The summed E-state index contributed by atoms with van der Waals surface area (Å²) in [5, 5.41) is 10.4. The zero-order valence-electron chi connectivity index (χ0n) is 5.99. The molecule has 0 saturated carbocycles. The third-order valence-corrected chi connectivity index (χ3v) is 1.39. The van der Waals surface area contributed by atoms with Gasteiger partial charge in [-0.15, -0.1) is 0 Å². The predicted molar refractivity (Wildman–Crippen MR) is 38.4 cm³/mol. The first-order valence-electron chi connectivity index (χ1n) is 3.57. The zero-order valence-corrected chi connectivity index (χ0v) is 5.99. The van der Waals surface area contributed by atoms with Gasteiger partial charge in [0.25, 0.3) is 0 Å². The van der Waals surface area contributed by atoms with E-state index in [-0.39, 0.29) is 6.61 Å². The van der Waals surface area contributed by atoms with Gasteiger partial charge in [0, 0.05) is 19.7 Å². The fourth-order valence-electron chi connectivity index (χ4n) is 0.864. The van der Waals surface area contributed by atoms with Crippen LogP contribution in [0.1, 0.15) is 6.42 Å². The average Bonchev–Trinajstić information content (AvgIpc) is 2.03. The lowest BCUT2D eigenvalue weighted by Crippen LogP contribution is -2.28. The smallest absolute Gasteiger partial charge is 0.0867 e. The molecule has 58 valence electrons. The van der Waals surface area contributed by atoms with Crippen LogP contribution in [0.4, 0.5) is 0 Å². The first-order valence-corrected chi connectivity index (χ1v) is 3.57. The van der Waals surface area contributed by atoms with Crippen molar-refractivity contribution in [2.45, 2.75) is 6.42 Å². The standard InChI is InChI=1S/C7H13NO2/c9-6-3-5-8-4-1-2-7-10-8/h1-2,9H,3-7H2. The highest BCUT2D eigenvalue weighted by atomic mass is 16.7. The minimum absolute atomic E-state index is 0.240. The maximum atomic E-state index is 8.50. The van der Waals surface area contributed by atoms with Gasteiger partial charge < -0.3 is 5.11 Å². The van der Waals surface area contributed by atoms with Crippen molar-refractivity contribution in [1.29, 1.82) is 0 Å². The lowest BCUT2D eigenvalue weighted by molar-refractivity contribution is -0.148. The van der Waals surface area contributed by atoms with Gasteiger partial charge in [0.05, 0.1) is 6.61 Å². The van der Waals surface area contributed by atoms with Crippen LogP contribution >= 0.6 is 0 Å². The van der Waals surface area contributed by atoms with Crippen molar-refractivity contribution >= 4 is 0 Å². The second kappa shape index (κ2) is 4.44. The molecule has 0 bridgehead atoms. The largest absolute Gasteiger partial charge is 0.396 e. The van der Waals surface area contributed by atoms with Crippen molar-refractivity contribution in [2.75, 3.05) is 26.3 Å². The van der Waals surface area contributed by atoms with Gasteiger partial charge >= 0.3 is 0 Å². The van der Waals surface area contributed by atoms with Gasteiger partial charge in [0.2, 0.25) is 0 Å². The van der Waals surface area contributed by atoms with Crippen LogP contribution in [-0.4, -0.2) is 36.5 Å². The molecule has 0 fully saturated rings. The molecule has 1 aliphatic rings. The number of hydrogen-bond acceptors (Lipinski definition) is 3. The summed E-state index contributed by atoms with van der Waals surface area (Å²) in [5.74, 6) is 0. The summed E-state index contributed by atoms with van der Waals surface area (Å²) >= 11 is 0. The predicted octanol–water partition coefficient (Wildman–Crippen LogP) is 0.172. The molecule has 1 aliphatic heterocycles. The first-order chi connectivity index (χ1) is 4.93. The van der Waals surface area contributed by atoms with Gasteiger partial charge in [-0.3, -0.25) is 4.84 Å².